The number of aromatic nitrogens is 2. The van der Waals surface area contributed by atoms with Crippen LogP contribution in [-0.4, -0.2) is 9.97 Å². The molecule has 1 rings (SSSR count). The highest BCUT2D eigenvalue weighted by Gasteiger charge is 2.14. The third-order valence-corrected chi connectivity index (χ3v) is 3.05. The van der Waals surface area contributed by atoms with Gasteiger partial charge in [0.2, 0.25) is 0 Å². The molecule has 0 bridgehead atoms. The lowest BCUT2D eigenvalue weighted by atomic mass is 9.92. The van der Waals surface area contributed by atoms with Gasteiger partial charge in [0, 0.05) is 6.42 Å². The molecule has 0 saturated carbocycles. The summed E-state index contributed by atoms with van der Waals surface area (Å²) in [6.07, 6.45) is 0.792. The van der Waals surface area contributed by atoms with E-state index in [1.165, 1.54) is 0 Å². The monoisotopic (exact) mass is 306 g/mol. The number of aryl methyl sites for hydroxylation is 1. The maximum absolute atomic E-state index is 11.4. The fraction of sp³-hybridized carbons (Fsp3) is 0.600. The van der Waals surface area contributed by atoms with Crippen molar-refractivity contribution in [3.8, 4) is 0 Å². The molecular formula is C10H15IN2O. The topological polar surface area (TPSA) is 45.8 Å². The average Bonchev–Trinajstić information content (AvgIpc) is 1.96. The van der Waals surface area contributed by atoms with Crippen molar-refractivity contribution in [3.05, 3.63) is 25.4 Å². The lowest BCUT2D eigenvalue weighted by molar-refractivity contribution is 0.399. The van der Waals surface area contributed by atoms with Gasteiger partial charge in [0.1, 0.15) is 5.82 Å². The zero-order valence-corrected chi connectivity index (χ0v) is 11.1. The van der Waals surface area contributed by atoms with Gasteiger partial charge in [-0.3, -0.25) is 4.79 Å². The minimum atomic E-state index is -0.0302. The van der Waals surface area contributed by atoms with E-state index >= 15 is 0 Å². The Hall–Kier alpha value is -0.390. The Morgan fingerprint density at radius 3 is 2.43 bits per heavy atom. The van der Waals surface area contributed by atoms with E-state index < -0.39 is 0 Å². The molecule has 0 atom stereocenters. The summed E-state index contributed by atoms with van der Waals surface area (Å²) in [4.78, 5) is 18.6. The number of H-pyrrole nitrogens is 1. The molecular weight excluding hydrogens is 291 g/mol. The molecule has 0 spiro atoms. The summed E-state index contributed by atoms with van der Waals surface area (Å²) in [5, 5.41) is 0. The molecule has 1 aromatic heterocycles. The molecule has 3 nitrogen and oxygen atoms in total. The number of nitrogens with zero attached hydrogens (tertiary/aromatic N) is 1. The van der Waals surface area contributed by atoms with Crippen LogP contribution >= 0.6 is 22.6 Å². The van der Waals surface area contributed by atoms with Gasteiger partial charge >= 0.3 is 0 Å². The fourth-order valence-electron chi connectivity index (χ4n) is 1.22. The first-order valence-corrected chi connectivity index (χ1v) is 5.63. The average molecular weight is 306 g/mol. The molecule has 0 unspecified atom stereocenters. The second kappa shape index (κ2) is 4.00. The van der Waals surface area contributed by atoms with Crippen molar-refractivity contribution in [2.24, 2.45) is 5.41 Å². The smallest absolute Gasteiger partial charge is 0.264 e. The minimum Gasteiger partial charge on any atom is -0.310 e. The van der Waals surface area contributed by atoms with Gasteiger partial charge in [-0.05, 0) is 34.9 Å². The summed E-state index contributed by atoms with van der Waals surface area (Å²) in [5.41, 5.74) is 0.931. The summed E-state index contributed by atoms with van der Waals surface area (Å²) in [5.74, 6) is 0.778. The lowest BCUT2D eigenvalue weighted by Crippen LogP contribution is -2.20. The molecule has 0 aliphatic heterocycles. The Bertz CT molecular complexity index is 390. The van der Waals surface area contributed by atoms with Gasteiger partial charge in [0.15, 0.2) is 0 Å². The van der Waals surface area contributed by atoms with Gasteiger partial charge in [-0.1, -0.05) is 20.8 Å². The van der Waals surface area contributed by atoms with Crippen LogP contribution in [0.3, 0.4) is 0 Å². The SMILES string of the molecule is Cc1nc(CC(C)(C)C)[nH]c(=O)c1I. The van der Waals surface area contributed by atoms with Crippen molar-refractivity contribution in [2.45, 2.75) is 34.1 Å². The third-order valence-electron chi connectivity index (χ3n) is 1.78. The van der Waals surface area contributed by atoms with E-state index in [0.717, 1.165) is 17.9 Å². The zero-order valence-electron chi connectivity index (χ0n) is 8.94. The van der Waals surface area contributed by atoms with Gasteiger partial charge in [0.25, 0.3) is 5.56 Å². The van der Waals surface area contributed by atoms with Gasteiger partial charge < -0.3 is 4.98 Å². The van der Waals surface area contributed by atoms with E-state index in [-0.39, 0.29) is 11.0 Å². The van der Waals surface area contributed by atoms with Crippen LogP contribution in [0.4, 0.5) is 0 Å². The first kappa shape index (κ1) is 11.7. The summed E-state index contributed by atoms with van der Waals surface area (Å²) in [7, 11) is 0. The highest BCUT2D eigenvalue weighted by Crippen LogP contribution is 2.18. The summed E-state index contributed by atoms with van der Waals surface area (Å²) >= 11 is 2.02. The minimum absolute atomic E-state index is 0.0302. The number of aromatic amines is 1. The molecule has 0 aliphatic carbocycles. The summed E-state index contributed by atoms with van der Waals surface area (Å²) in [6.45, 7) is 8.24. The standard InChI is InChI=1S/C10H15IN2O/c1-6-8(11)9(14)13-7(12-6)5-10(2,3)4/h5H2,1-4H3,(H,12,13,14). The third kappa shape index (κ3) is 3.08. The normalized spacial score (nSPS) is 11.8. The van der Waals surface area contributed by atoms with Crippen LogP contribution in [0.2, 0.25) is 0 Å². The Morgan fingerprint density at radius 2 is 2.00 bits per heavy atom. The lowest BCUT2D eigenvalue weighted by Gasteiger charge is -2.17. The second-order valence-electron chi connectivity index (χ2n) is 4.65. The number of nitrogens with one attached hydrogen (secondary N) is 1. The first-order chi connectivity index (χ1) is 6.29. The van der Waals surface area contributed by atoms with Crippen LogP contribution in [0.25, 0.3) is 0 Å². The Labute approximate surface area is 97.5 Å². The highest BCUT2D eigenvalue weighted by atomic mass is 127. The van der Waals surface area contributed by atoms with E-state index in [0.29, 0.717) is 3.57 Å². The second-order valence-corrected chi connectivity index (χ2v) is 5.73. The van der Waals surface area contributed by atoms with Crippen molar-refractivity contribution < 1.29 is 0 Å². The summed E-state index contributed by atoms with van der Waals surface area (Å²) < 4.78 is 0.681. The number of hydrogen-bond donors (Lipinski definition) is 1. The number of halogens is 1. The van der Waals surface area contributed by atoms with Gasteiger partial charge in [0.05, 0.1) is 9.26 Å². The van der Waals surface area contributed by atoms with Crippen LogP contribution in [0.1, 0.15) is 32.3 Å². The van der Waals surface area contributed by atoms with Crippen LogP contribution in [0.15, 0.2) is 4.79 Å². The zero-order chi connectivity index (χ0) is 10.9. The quantitative estimate of drug-likeness (QED) is 0.809. The van der Waals surface area contributed by atoms with Crippen molar-refractivity contribution in [1.29, 1.82) is 0 Å². The van der Waals surface area contributed by atoms with Gasteiger partial charge in [-0.2, -0.15) is 0 Å². The number of rotatable bonds is 1. The van der Waals surface area contributed by atoms with E-state index in [2.05, 4.69) is 30.7 Å². The molecule has 0 amide bonds. The maximum atomic E-state index is 11.4. The molecule has 1 heterocycles. The van der Waals surface area contributed by atoms with Crippen LogP contribution in [0, 0.1) is 15.9 Å². The van der Waals surface area contributed by atoms with Gasteiger partial charge in [-0.15, -0.1) is 0 Å². The van der Waals surface area contributed by atoms with Crippen molar-refractivity contribution in [2.75, 3.05) is 0 Å². The molecule has 0 aromatic carbocycles. The van der Waals surface area contributed by atoms with Crippen LogP contribution < -0.4 is 5.56 Å². The van der Waals surface area contributed by atoms with E-state index in [1.807, 2.05) is 29.5 Å². The first-order valence-electron chi connectivity index (χ1n) is 4.55. The molecule has 78 valence electrons. The number of hydrogen-bond acceptors (Lipinski definition) is 2. The largest absolute Gasteiger partial charge is 0.310 e. The molecule has 0 radical (unpaired) electrons. The van der Waals surface area contributed by atoms with E-state index in [1.54, 1.807) is 0 Å². The van der Waals surface area contributed by atoms with E-state index in [9.17, 15) is 4.79 Å². The predicted octanol–water partition coefficient (Wildman–Crippen LogP) is 2.27. The molecule has 0 aliphatic rings. The molecule has 0 fully saturated rings. The van der Waals surface area contributed by atoms with E-state index in [4.69, 9.17) is 0 Å². The molecule has 4 heteroatoms. The van der Waals surface area contributed by atoms with Crippen molar-refractivity contribution in [3.63, 3.8) is 0 Å². The summed E-state index contributed by atoms with van der Waals surface area (Å²) in [6, 6.07) is 0. The van der Waals surface area contributed by atoms with Crippen molar-refractivity contribution >= 4 is 22.6 Å². The van der Waals surface area contributed by atoms with Crippen molar-refractivity contribution in [1.82, 2.24) is 9.97 Å². The molecule has 1 aromatic rings. The molecule has 14 heavy (non-hydrogen) atoms. The highest BCUT2D eigenvalue weighted by molar-refractivity contribution is 14.1. The maximum Gasteiger partial charge on any atom is 0.264 e. The predicted molar refractivity (Wildman–Crippen MR) is 65.5 cm³/mol. The Balaban J connectivity index is 3.08. The fourth-order valence-corrected chi connectivity index (χ4v) is 1.47. The molecule has 0 saturated heterocycles. The van der Waals surface area contributed by atoms with Crippen LogP contribution in [-0.2, 0) is 6.42 Å². The molecule has 1 N–H and O–H groups in total. The Kier molecular flexibility index (Phi) is 3.34. The van der Waals surface area contributed by atoms with Gasteiger partial charge in [-0.25, -0.2) is 4.98 Å². The van der Waals surface area contributed by atoms with Crippen LogP contribution in [0.5, 0.6) is 0 Å². The Morgan fingerprint density at radius 1 is 1.43 bits per heavy atom.